The van der Waals surface area contributed by atoms with Gasteiger partial charge < -0.3 is 15.4 Å². The van der Waals surface area contributed by atoms with Crippen molar-refractivity contribution in [3.8, 4) is 5.75 Å². The molecule has 5 nitrogen and oxygen atoms in total. The third-order valence-electron chi connectivity index (χ3n) is 4.17. The van der Waals surface area contributed by atoms with E-state index in [4.69, 9.17) is 4.74 Å². The van der Waals surface area contributed by atoms with E-state index >= 15 is 0 Å². The number of unbranched alkanes of at least 4 members (excludes halogenated alkanes) is 1. The number of rotatable bonds is 9. The Hall–Kier alpha value is -2.82. The van der Waals surface area contributed by atoms with Crippen molar-refractivity contribution in [1.29, 1.82) is 0 Å². The average molecular weight is 368 g/mol. The van der Waals surface area contributed by atoms with Gasteiger partial charge in [0.05, 0.1) is 6.10 Å². The maximum absolute atomic E-state index is 12.5. The summed E-state index contributed by atoms with van der Waals surface area (Å²) in [7, 11) is 0. The molecule has 2 aromatic carbocycles. The second-order valence-electron chi connectivity index (χ2n) is 6.55. The molecule has 1 unspecified atom stereocenters. The van der Waals surface area contributed by atoms with Crippen molar-refractivity contribution in [2.24, 2.45) is 0 Å². The summed E-state index contributed by atoms with van der Waals surface area (Å²) in [6, 6.07) is 14.3. The average Bonchev–Trinajstić information content (AvgIpc) is 2.66. The highest BCUT2D eigenvalue weighted by molar-refractivity contribution is 6.05. The fourth-order valence-corrected chi connectivity index (χ4v) is 2.47. The molecule has 27 heavy (non-hydrogen) atoms. The number of anilines is 2. The molecule has 0 aliphatic rings. The maximum Gasteiger partial charge on any atom is 0.255 e. The molecule has 5 heteroatoms. The van der Waals surface area contributed by atoms with Gasteiger partial charge in [-0.05, 0) is 56.2 Å². The van der Waals surface area contributed by atoms with Crippen LogP contribution in [0.4, 0.5) is 11.4 Å². The molecule has 0 bridgehead atoms. The van der Waals surface area contributed by atoms with Crippen LogP contribution in [0, 0.1) is 0 Å². The highest BCUT2D eigenvalue weighted by Gasteiger charge is 2.10. The first-order chi connectivity index (χ1) is 13.0. The lowest BCUT2D eigenvalue weighted by Gasteiger charge is -2.13. The Morgan fingerprint density at radius 2 is 1.70 bits per heavy atom. The molecule has 0 spiro atoms. The number of hydrogen-bond donors (Lipinski definition) is 2. The van der Waals surface area contributed by atoms with Crippen molar-refractivity contribution in [1.82, 2.24) is 0 Å². The number of ether oxygens (including phenoxy) is 1. The van der Waals surface area contributed by atoms with Gasteiger partial charge in [-0.1, -0.05) is 32.4 Å². The molecule has 0 radical (unpaired) electrons. The maximum atomic E-state index is 12.5. The van der Waals surface area contributed by atoms with Gasteiger partial charge in [0.2, 0.25) is 5.91 Å². The van der Waals surface area contributed by atoms with Gasteiger partial charge in [0.1, 0.15) is 5.75 Å². The number of carbonyl (C=O) groups excluding carboxylic acids is 2. The van der Waals surface area contributed by atoms with Crippen molar-refractivity contribution in [3.05, 3.63) is 54.1 Å². The molecular weight excluding hydrogens is 340 g/mol. The molecule has 144 valence electrons. The number of hydrogen-bond acceptors (Lipinski definition) is 3. The Labute approximate surface area is 161 Å². The summed E-state index contributed by atoms with van der Waals surface area (Å²) < 4.78 is 5.77. The zero-order chi connectivity index (χ0) is 19.6. The van der Waals surface area contributed by atoms with E-state index in [-0.39, 0.29) is 17.9 Å². The van der Waals surface area contributed by atoms with Gasteiger partial charge in [0.15, 0.2) is 0 Å². The van der Waals surface area contributed by atoms with Crippen LogP contribution < -0.4 is 15.4 Å². The highest BCUT2D eigenvalue weighted by Crippen LogP contribution is 2.19. The van der Waals surface area contributed by atoms with Crippen LogP contribution in [-0.2, 0) is 4.79 Å². The summed E-state index contributed by atoms with van der Waals surface area (Å²) in [5, 5.41) is 5.72. The van der Waals surface area contributed by atoms with Crippen LogP contribution in [-0.4, -0.2) is 17.9 Å². The summed E-state index contributed by atoms with van der Waals surface area (Å²) >= 11 is 0. The molecule has 2 N–H and O–H groups in total. The van der Waals surface area contributed by atoms with Crippen LogP contribution >= 0.6 is 0 Å². The van der Waals surface area contributed by atoms with E-state index in [0.29, 0.717) is 29.1 Å². The van der Waals surface area contributed by atoms with Crippen LogP contribution in [0.15, 0.2) is 48.5 Å². The van der Waals surface area contributed by atoms with Gasteiger partial charge in [-0.3, -0.25) is 9.59 Å². The van der Waals surface area contributed by atoms with Crippen LogP contribution in [0.3, 0.4) is 0 Å². The standard InChI is InChI=1S/C22H28N2O3/c1-4-6-13-21(25)23-18-10-8-11-19(15-18)24-22(26)17-9-7-12-20(14-17)27-16(3)5-2/h7-12,14-16H,4-6,13H2,1-3H3,(H,23,25)(H,24,26). The van der Waals surface area contributed by atoms with Crippen LogP contribution in [0.25, 0.3) is 0 Å². The van der Waals surface area contributed by atoms with Crippen molar-refractivity contribution in [2.45, 2.75) is 52.6 Å². The molecule has 2 rings (SSSR count). The highest BCUT2D eigenvalue weighted by atomic mass is 16.5. The van der Waals surface area contributed by atoms with Gasteiger partial charge in [0.25, 0.3) is 5.91 Å². The largest absolute Gasteiger partial charge is 0.491 e. The second-order valence-corrected chi connectivity index (χ2v) is 6.55. The minimum absolute atomic E-state index is 0.0183. The van der Waals surface area contributed by atoms with Crippen LogP contribution in [0.5, 0.6) is 5.75 Å². The molecule has 0 heterocycles. The first-order valence-corrected chi connectivity index (χ1v) is 9.49. The van der Waals surface area contributed by atoms with E-state index in [1.807, 2.05) is 19.9 Å². The number of benzene rings is 2. The van der Waals surface area contributed by atoms with E-state index in [1.165, 1.54) is 0 Å². The van der Waals surface area contributed by atoms with Crippen molar-refractivity contribution < 1.29 is 14.3 Å². The Morgan fingerprint density at radius 1 is 1.00 bits per heavy atom. The van der Waals surface area contributed by atoms with Gasteiger partial charge in [-0.15, -0.1) is 0 Å². The molecule has 2 amide bonds. The summed E-state index contributed by atoms with van der Waals surface area (Å²) in [6.07, 6.45) is 3.32. The smallest absolute Gasteiger partial charge is 0.255 e. The molecule has 0 fully saturated rings. The zero-order valence-corrected chi connectivity index (χ0v) is 16.2. The van der Waals surface area contributed by atoms with Gasteiger partial charge in [0, 0.05) is 23.4 Å². The normalized spacial score (nSPS) is 11.5. The fourth-order valence-electron chi connectivity index (χ4n) is 2.47. The minimum atomic E-state index is -0.223. The van der Waals surface area contributed by atoms with Gasteiger partial charge in [-0.2, -0.15) is 0 Å². The number of carbonyl (C=O) groups is 2. The molecular formula is C22H28N2O3. The van der Waals surface area contributed by atoms with Gasteiger partial charge in [-0.25, -0.2) is 0 Å². The number of amides is 2. The molecule has 0 saturated heterocycles. The molecule has 2 aromatic rings. The first kappa shape index (κ1) is 20.5. The predicted molar refractivity (Wildman–Crippen MR) is 109 cm³/mol. The third kappa shape index (κ3) is 6.77. The van der Waals surface area contributed by atoms with Crippen molar-refractivity contribution in [3.63, 3.8) is 0 Å². The van der Waals surface area contributed by atoms with Crippen molar-refractivity contribution >= 4 is 23.2 Å². The van der Waals surface area contributed by atoms with E-state index in [9.17, 15) is 9.59 Å². The van der Waals surface area contributed by atoms with Crippen LogP contribution in [0.2, 0.25) is 0 Å². The van der Waals surface area contributed by atoms with Crippen molar-refractivity contribution in [2.75, 3.05) is 10.6 Å². The van der Waals surface area contributed by atoms with E-state index < -0.39 is 0 Å². The molecule has 1 atom stereocenters. The summed E-state index contributed by atoms with van der Waals surface area (Å²) in [5.41, 5.74) is 1.82. The second kappa shape index (κ2) is 10.4. The SMILES string of the molecule is CCCCC(=O)Nc1cccc(NC(=O)c2cccc(OC(C)CC)c2)c1. The zero-order valence-electron chi connectivity index (χ0n) is 16.2. The number of nitrogens with one attached hydrogen (secondary N) is 2. The molecule has 0 saturated carbocycles. The monoisotopic (exact) mass is 368 g/mol. The summed E-state index contributed by atoms with van der Waals surface area (Å²) in [6.45, 7) is 6.09. The lowest BCUT2D eigenvalue weighted by Crippen LogP contribution is -2.14. The lowest BCUT2D eigenvalue weighted by atomic mass is 10.2. The molecule has 0 aliphatic carbocycles. The first-order valence-electron chi connectivity index (χ1n) is 9.49. The summed E-state index contributed by atoms with van der Waals surface area (Å²) in [4.78, 5) is 24.4. The topological polar surface area (TPSA) is 67.4 Å². The Kier molecular flexibility index (Phi) is 7.86. The Morgan fingerprint density at radius 3 is 2.41 bits per heavy atom. The Bertz CT molecular complexity index is 774. The van der Waals surface area contributed by atoms with Crippen LogP contribution in [0.1, 0.15) is 56.8 Å². The van der Waals surface area contributed by atoms with E-state index in [1.54, 1.807) is 42.5 Å². The molecule has 0 aromatic heterocycles. The predicted octanol–water partition coefficient (Wildman–Crippen LogP) is 5.24. The fraction of sp³-hybridized carbons (Fsp3) is 0.364. The Balaban J connectivity index is 2.02. The van der Waals surface area contributed by atoms with E-state index in [0.717, 1.165) is 19.3 Å². The quantitative estimate of drug-likeness (QED) is 0.635. The third-order valence-corrected chi connectivity index (χ3v) is 4.17. The lowest BCUT2D eigenvalue weighted by molar-refractivity contribution is -0.116. The summed E-state index contributed by atoms with van der Waals surface area (Å²) in [5.74, 6) is 0.434. The minimum Gasteiger partial charge on any atom is -0.491 e. The molecule has 0 aliphatic heterocycles. The van der Waals surface area contributed by atoms with Gasteiger partial charge >= 0.3 is 0 Å². The van der Waals surface area contributed by atoms with E-state index in [2.05, 4.69) is 17.6 Å².